The summed E-state index contributed by atoms with van der Waals surface area (Å²) in [7, 11) is 0. The Morgan fingerprint density at radius 3 is 2.30 bits per heavy atom. The molecule has 2 saturated carbocycles. The van der Waals surface area contributed by atoms with Crippen molar-refractivity contribution in [2.75, 3.05) is 0 Å². The fourth-order valence-electron chi connectivity index (χ4n) is 3.59. The quantitative estimate of drug-likeness (QED) is 0.663. The zero-order valence-corrected chi connectivity index (χ0v) is 15.2. The summed E-state index contributed by atoms with van der Waals surface area (Å²) < 4.78 is 0.774. The number of Topliss-reactive ketones (excluding diaryl/α,β-unsaturated/α-hetero) is 2. The molecule has 0 radical (unpaired) electrons. The van der Waals surface area contributed by atoms with Crippen LogP contribution in [0.1, 0.15) is 30.9 Å². The molecule has 118 valence electrons. The van der Waals surface area contributed by atoms with Crippen LogP contribution in [0, 0.1) is 11.8 Å². The maximum Gasteiger partial charge on any atom is 0.152 e. The molecular weight excluding hydrogens is 398 g/mol. The predicted molar refractivity (Wildman–Crippen MR) is 93.8 cm³/mol. The van der Waals surface area contributed by atoms with Gasteiger partial charge in [0.05, 0.1) is 9.48 Å². The van der Waals surface area contributed by atoms with E-state index in [1.54, 1.807) is 0 Å². The number of carbonyl (C=O) groups excluding carboxylic acids is 2. The molecule has 0 aliphatic heterocycles. The predicted octanol–water partition coefficient (Wildman–Crippen LogP) is 4.88. The average molecular weight is 411 g/mol. The molecule has 2 aliphatic rings. The molecule has 4 rings (SSSR count). The largest absolute Gasteiger partial charge is 0.298 e. The first-order valence-electron chi connectivity index (χ1n) is 7.54. The Bertz CT molecular complexity index is 779. The van der Waals surface area contributed by atoms with Crippen LogP contribution in [0.15, 0.2) is 28.1 Å². The second-order valence-corrected chi connectivity index (χ2v) is 8.88. The lowest BCUT2D eigenvalue weighted by atomic mass is 9.77. The minimum atomic E-state index is -0.687. The van der Waals surface area contributed by atoms with Crippen LogP contribution in [-0.2, 0) is 9.59 Å². The van der Waals surface area contributed by atoms with Crippen molar-refractivity contribution in [3.8, 4) is 10.6 Å². The topological polar surface area (TPSA) is 47.0 Å². The van der Waals surface area contributed by atoms with Crippen molar-refractivity contribution in [1.82, 2.24) is 4.98 Å². The normalized spacial score (nSPS) is 26.8. The lowest BCUT2D eigenvalue weighted by Crippen LogP contribution is -2.35. The van der Waals surface area contributed by atoms with Gasteiger partial charge < -0.3 is 0 Å². The van der Waals surface area contributed by atoms with Crippen LogP contribution in [-0.4, -0.2) is 16.6 Å². The number of fused-ring (bicyclic) bond motifs is 2. The van der Waals surface area contributed by atoms with Crippen LogP contribution in [0.25, 0.3) is 10.6 Å². The highest BCUT2D eigenvalue weighted by molar-refractivity contribution is 9.11. The summed E-state index contributed by atoms with van der Waals surface area (Å²) in [6, 6.07) is 7.41. The Labute approximate surface area is 151 Å². The van der Waals surface area contributed by atoms with Gasteiger partial charge in [0.15, 0.2) is 11.6 Å². The summed E-state index contributed by atoms with van der Waals surface area (Å²) >= 11 is 10.9. The molecule has 1 heterocycles. The van der Waals surface area contributed by atoms with E-state index in [0.29, 0.717) is 10.7 Å². The minimum absolute atomic E-state index is 0.0373. The first-order chi connectivity index (χ1) is 11.0. The molecule has 23 heavy (non-hydrogen) atoms. The van der Waals surface area contributed by atoms with Crippen molar-refractivity contribution < 1.29 is 9.59 Å². The van der Waals surface area contributed by atoms with Crippen LogP contribution in [0.3, 0.4) is 0 Å². The van der Waals surface area contributed by atoms with Crippen LogP contribution < -0.4 is 0 Å². The second-order valence-electron chi connectivity index (χ2n) is 6.13. The molecule has 1 unspecified atom stereocenters. The van der Waals surface area contributed by atoms with Crippen molar-refractivity contribution in [3.05, 3.63) is 38.8 Å². The third-order valence-electron chi connectivity index (χ3n) is 4.78. The zero-order valence-electron chi connectivity index (χ0n) is 12.1. The molecule has 1 aromatic heterocycles. The van der Waals surface area contributed by atoms with Crippen molar-refractivity contribution in [1.29, 1.82) is 0 Å². The lowest BCUT2D eigenvalue weighted by molar-refractivity contribution is -0.136. The Morgan fingerprint density at radius 1 is 1.09 bits per heavy atom. The summed E-state index contributed by atoms with van der Waals surface area (Å²) in [6.45, 7) is 0. The molecule has 0 spiro atoms. The smallest absolute Gasteiger partial charge is 0.152 e. The number of hydrogen-bond acceptors (Lipinski definition) is 4. The number of thiazole rings is 1. The number of hydrogen-bond donors (Lipinski definition) is 0. The molecule has 0 amide bonds. The monoisotopic (exact) mass is 409 g/mol. The average Bonchev–Trinajstić information content (AvgIpc) is 3.13. The van der Waals surface area contributed by atoms with E-state index in [2.05, 4.69) is 20.9 Å². The summed E-state index contributed by atoms with van der Waals surface area (Å²) in [5.74, 6) is -0.506. The van der Waals surface area contributed by atoms with E-state index < -0.39 is 5.92 Å². The van der Waals surface area contributed by atoms with Gasteiger partial charge in [-0.05, 0) is 47.3 Å². The Morgan fingerprint density at radius 2 is 1.70 bits per heavy atom. The maximum atomic E-state index is 12.6. The number of rotatable bonds is 2. The zero-order chi connectivity index (χ0) is 16.1. The third kappa shape index (κ3) is 2.59. The molecule has 3 atom stereocenters. The fraction of sp³-hybridized carbons (Fsp3) is 0.353. The number of aromatic nitrogens is 1. The summed E-state index contributed by atoms with van der Waals surface area (Å²) in [6.07, 6.45) is 2.43. The lowest BCUT2D eigenvalue weighted by Gasteiger charge is -2.24. The summed E-state index contributed by atoms with van der Waals surface area (Å²) in [5.41, 5.74) is 1.52. The van der Waals surface area contributed by atoms with Crippen LogP contribution in [0.2, 0.25) is 5.02 Å². The Kier molecular flexibility index (Phi) is 3.90. The van der Waals surface area contributed by atoms with Crippen molar-refractivity contribution in [3.63, 3.8) is 0 Å². The van der Waals surface area contributed by atoms with Gasteiger partial charge in [0, 0.05) is 22.4 Å². The molecule has 6 heteroatoms. The van der Waals surface area contributed by atoms with Crippen molar-refractivity contribution >= 4 is 50.4 Å². The van der Waals surface area contributed by atoms with Crippen molar-refractivity contribution in [2.24, 2.45) is 11.8 Å². The summed E-state index contributed by atoms with van der Waals surface area (Å²) in [4.78, 5) is 29.9. The molecule has 3 nitrogen and oxygen atoms in total. The standard InChI is InChI=1S/C17H13BrClNO2S/c18-16-13(12-14(21)9-1-2-10(7-9)15(12)22)20-17(23-16)8-3-5-11(19)6-4-8/h3-6,9-10,12H,1-2,7H2/t9-,10+,12?. The molecule has 0 saturated heterocycles. The third-order valence-corrected chi connectivity index (χ3v) is 6.83. The summed E-state index contributed by atoms with van der Waals surface area (Å²) in [5, 5.41) is 1.46. The van der Waals surface area contributed by atoms with Crippen LogP contribution >= 0.6 is 38.9 Å². The van der Waals surface area contributed by atoms with E-state index in [1.165, 1.54) is 11.3 Å². The van der Waals surface area contributed by atoms with E-state index in [1.807, 2.05) is 24.3 Å². The minimum Gasteiger partial charge on any atom is -0.298 e. The van der Waals surface area contributed by atoms with Gasteiger partial charge in [0.25, 0.3) is 0 Å². The first kappa shape index (κ1) is 15.5. The van der Waals surface area contributed by atoms with Gasteiger partial charge in [0.2, 0.25) is 0 Å². The highest BCUT2D eigenvalue weighted by Crippen LogP contribution is 2.46. The second kappa shape index (κ2) is 5.80. The molecule has 2 fully saturated rings. The first-order valence-corrected chi connectivity index (χ1v) is 9.53. The van der Waals surface area contributed by atoms with Crippen molar-refractivity contribution in [2.45, 2.75) is 25.2 Å². The molecule has 2 aliphatic carbocycles. The number of carbonyl (C=O) groups is 2. The van der Waals surface area contributed by atoms with Gasteiger partial charge in [-0.2, -0.15) is 0 Å². The van der Waals surface area contributed by atoms with Gasteiger partial charge >= 0.3 is 0 Å². The van der Waals surface area contributed by atoms with Gasteiger partial charge in [-0.25, -0.2) is 4.98 Å². The molecule has 2 aromatic rings. The molecule has 1 aromatic carbocycles. The van der Waals surface area contributed by atoms with Crippen LogP contribution in [0.4, 0.5) is 0 Å². The van der Waals surface area contributed by atoms with E-state index in [0.717, 1.165) is 33.6 Å². The van der Waals surface area contributed by atoms with E-state index >= 15 is 0 Å². The van der Waals surface area contributed by atoms with E-state index in [4.69, 9.17) is 11.6 Å². The Balaban J connectivity index is 1.73. The van der Waals surface area contributed by atoms with Gasteiger partial charge in [-0.15, -0.1) is 11.3 Å². The highest BCUT2D eigenvalue weighted by atomic mass is 79.9. The van der Waals surface area contributed by atoms with Crippen LogP contribution in [0.5, 0.6) is 0 Å². The van der Waals surface area contributed by atoms with E-state index in [9.17, 15) is 9.59 Å². The number of ketones is 2. The van der Waals surface area contributed by atoms with Gasteiger partial charge in [-0.1, -0.05) is 23.7 Å². The SMILES string of the molecule is O=C1C(c2nc(-c3ccc(Cl)cc3)sc2Br)C(=O)[C@H]2CC[C@@H]1C2. The molecule has 0 N–H and O–H groups in total. The van der Waals surface area contributed by atoms with Gasteiger partial charge in [0.1, 0.15) is 10.9 Å². The fourth-order valence-corrected chi connectivity index (χ4v) is 5.33. The number of nitrogens with zero attached hydrogens (tertiary/aromatic N) is 1. The van der Waals surface area contributed by atoms with Gasteiger partial charge in [-0.3, -0.25) is 9.59 Å². The molecular formula is C17H13BrClNO2S. The number of halogens is 2. The highest BCUT2D eigenvalue weighted by Gasteiger charge is 2.48. The van der Waals surface area contributed by atoms with E-state index in [-0.39, 0.29) is 23.4 Å². The molecule has 2 bridgehead atoms. The maximum absolute atomic E-state index is 12.6. The number of benzene rings is 1. The Hall–Kier alpha value is -1.04.